The highest BCUT2D eigenvalue weighted by atomic mass is 35.5. The zero-order chi connectivity index (χ0) is 17.1. The van der Waals surface area contributed by atoms with Gasteiger partial charge in [-0.05, 0) is 48.6 Å². The van der Waals surface area contributed by atoms with Gasteiger partial charge in [-0.1, -0.05) is 23.7 Å². The Morgan fingerprint density at radius 3 is 2.46 bits per heavy atom. The van der Waals surface area contributed by atoms with E-state index in [1.165, 1.54) is 18.3 Å². The van der Waals surface area contributed by atoms with Gasteiger partial charge in [0.05, 0.1) is 11.7 Å². The molecule has 1 atom stereocenters. The number of nitrogens with zero attached hydrogens (tertiary/aromatic N) is 2. The quantitative estimate of drug-likeness (QED) is 0.864. The minimum absolute atomic E-state index is 0.0582. The van der Waals surface area contributed by atoms with Crippen molar-refractivity contribution in [3.63, 3.8) is 0 Å². The number of rotatable bonds is 3. The van der Waals surface area contributed by atoms with Crippen molar-refractivity contribution in [2.45, 2.75) is 18.9 Å². The molecule has 1 N–H and O–H groups in total. The Morgan fingerprint density at radius 1 is 1.21 bits per heavy atom. The van der Waals surface area contributed by atoms with Crippen LogP contribution in [0.4, 0.5) is 4.39 Å². The van der Waals surface area contributed by atoms with E-state index in [1.807, 2.05) is 0 Å². The summed E-state index contributed by atoms with van der Waals surface area (Å²) in [7, 11) is 0. The number of carbonyl (C=O) groups is 1. The van der Waals surface area contributed by atoms with Crippen LogP contribution in [0.3, 0.4) is 0 Å². The van der Waals surface area contributed by atoms with Crippen LogP contribution in [-0.2, 0) is 0 Å². The fourth-order valence-corrected chi connectivity index (χ4v) is 3.15. The molecular weight excluding hydrogens is 331 g/mol. The van der Waals surface area contributed by atoms with Crippen molar-refractivity contribution in [1.82, 2.24) is 9.88 Å². The van der Waals surface area contributed by atoms with Gasteiger partial charge in [-0.15, -0.1) is 0 Å². The monoisotopic (exact) mass is 348 g/mol. The summed E-state index contributed by atoms with van der Waals surface area (Å²) in [5.74, 6) is -0.334. The summed E-state index contributed by atoms with van der Waals surface area (Å²) < 4.78 is 13.0. The number of aliphatic hydroxyl groups excluding tert-OH is 1. The van der Waals surface area contributed by atoms with Gasteiger partial charge in [-0.2, -0.15) is 0 Å². The van der Waals surface area contributed by atoms with Gasteiger partial charge in [0, 0.05) is 19.3 Å². The molecule has 1 fully saturated rings. The Morgan fingerprint density at radius 2 is 1.88 bits per heavy atom. The number of hydrogen-bond acceptors (Lipinski definition) is 3. The second kappa shape index (κ2) is 7.28. The second-order valence-electron chi connectivity index (χ2n) is 6.00. The van der Waals surface area contributed by atoms with Gasteiger partial charge in [0.1, 0.15) is 11.0 Å². The van der Waals surface area contributed by atoms with E-state index in [9.17, 15) is 14.3 Å². The van der Waals surface area contributed by atoms with Crippen LogP contribution in [0.15, 0.2) is 42.6 Å². The first-order valence-electron chi connectivity index (χ1n) is 7.89. The Hall–Kier alpha value is -1.98. The molecule has 0 spiro atoms. The summed E-state index contributed by atoms with van der Waals surface area (Å²) in [6.07, 6.45) is 2.24. The molecule has 1 aromatic heterocycles. The van der Waals surface area contributed by atoms with Gasteiger partial charge < -0.3 is 10.0 Å². The second-order valence-corrected chi connectivity index (χ2v) is 6.38. The van der Waals surface area contributed by atoms with Crippen LogP contribution >= 0.6 is 11.6 Å². The van der Waals surface area contributed by atoms with Crippen LogP contribution in [0.2, 0.25) is 5.15 Å². The summed E-state index contributed by atoms with van der Waals surface area (Å²) >= 11 is 5.74. The molecule has 24 heavy (non-hydrogen) atoms. The molecule has 0 radical (unpaired) electrons. The van der Waals surface area contributed by atoms with E-state index in [-0.39, 0.29) is 17.6 Å². The van der Waals surface area contributed by atoms with Crippen LogP contribution < -0.4 is 0 Å². The van der Waals surface area contributed by atoms with E-state index in [2.05, 4.69) is 4.98 Å². The van der Waals surface area contributed by atoms with Crippen molar-refractivity contribution in [3.05, 3.63) is 64.7 Å². The number of amides is 1. The Labute approximate surface area is 144 Å². The molecule has 1 aliphatic heterocycles. The lowest BCUT2D eigenvalue weighted by molar-refractivity contribution is 0.0462. The molecular formula is C18H18ClFN2O2. The van der Waals surface area contributed by atoms with E-state index in [1.54, 1.807) is 29.2 Å². The van der Waals surface area contributed by atoms with Crippen LogP contribution in [0.1, 0.15) is 34.9 Å². The number of piperidine rings is 1. The van der Waals surface area contributed by atoms with E-state index in [0.717, 1.165) is 0 Å². The summed E-state index contributed by atoms with van der Waals surface area (Å²) in [5, 5.41) is 10.8. The summed E-state index contributed by atoms with van der Waals surface area (Å²) in [6, 6.07) is 9.18. The molecule has 1 aliphatic rings. The third-order valence-corrected chi connectivity index (χ3v) is 4.68. The van der Waals surface area contributed by atoms with Gasteiger partial charge in [0.15, 0.2) is 0 Å². The Kier molecular flexibility index (Phi) is 5.11. The SMILES string of the molecule is O=C(c1ccc(Cl)nc1)N1CCC([C@@H](O)c2ccc(F)cc2)CC1. The van der Waals surface area contributed by atoms with Crippen molar-refractivity contribution in [2.24, 2.45) is 5.92 Å². The molecule has 0 aliphatic carbocycles. The Balaban J connectivity index is 1.60. The molecule has 0 saturated carbocycles. The normalized spacial score (nSPS) is 16.9. The van der Waals surface area contributed by atoms with Crippen molar-refractivity contribution in [1.29, 1.82) is 0 Å². The van der Waals surface area contributed by atoms with Crippen LogP contribution in [-0.4, -0.2) is 34.0 Å². The summed E-state index contributed by atoms with van der Waals surface area (Å²) in [6.45, 7) is 1.15. The fourth-order valence-electron chi connectivity index (χ4n) is 3.04. The minimum Gasteiger partial charge on any atom is -0.388 e. The van der Waals surface area contributed by atoms with Crippen molar-refractivity contribution >= 4 is 17.5 Å². The van der Waals surface area contributed by atoms with E-state index < -0.39 is 6.10 Å². The number of halogens is 2. The molecule has 1 aromatic carbocycles. The lowest BCUT2D eigenvalue weighted by Gasteiger charge is -2.34. The van der Waals surface area contributed by atoms with E-state index in [0.29, 0.717) is 42.2 Å². The van der Waals surface area contributed by atoms with Gasteiger partial charge in [0.2, 0.25) is 0 Å². The number of hydrogen-bond donors (Lipinski definition) is 1. The maximum absolute atomic E-state index is 13.0. The predicted octanol–water partition coefficient (Wildman–Crippen LogP) is 3.46. The molecule has 1 amide bonds. The van der Waals surface area contributed by atoms with Crippen molar-refractivity contribution in [2.75, 3.05) is 13.1 Å². The first kappa shape index (κ1) is 16.9. The third-order valence-electron chi connectivity index (χ3n) is 4.46. The van der Waals surface area contributed by atoms with Gasteiger partial charge in [0.25, 0.3) is 5.91 Å². The lowest BCUT2D eigenvalue weighted by atomic mass is 9.87. The highest BCUT2D eigenvalue weighted by Gasteiger charge is 2.28. The number of pyridine rings is 1. The zero-order valence-corrected chi connectivity index (χ0v) is 13.8. The van der Waals surface area contributed by atoms with E-state index >= 15 is 0 Å². The van der Waals surface area contributed by atoms with Crippen LogP contribution in [0, 0.1) is 11.7 Å². The number of benzene rings is 1. The van der Waals surface area contributed by atoms with Crippen molar-refractivity contribution in [3.8, 4) is 0 Å². The van der Waals surface area contributed by atoms with Gasteiger partial charge >= 0.3 is 0 Å². The molecule has 0 unspecified atom stereocenters. The number of likely N-dealkylation sites (tertiary alicyclic amines) is 1. The molecule has 1 saturated heterocycles. The molecule has 2 heterocycles. The third kappa shape index (κ3) is 3.74. The van der Waals surface area contributed by atoms with E-state index in [4.69, 9.17) is 11.6 Å². The van der Waals surface area contributed by atoms with Gasteiger partial charge in [-0.25, -0.2) is 9.37 Å². The van der Waals surface area contributed by atoms with Gasteiger partial charge in [-0.3, -0.25) is 4.79 Å². The maximum atomic E-state index is 13.0. The number of aliphatic hydroxyl groups is 1. The number of carbonyl (C=O) groups excluding carboxylic acids is 1. The standard InChI is InChI=1S/C18H18ClFN2O2/c19-16-6-3-14(11-21-16)18(24)22-9-7-13(8-10-22)17(23)12-1-4-15(20)5-2-12/h1-6,11,13,17,23H,7-10H2/t17-/m0/s1. The highest BCUT2D eigenvalue weighted by Crippen LogP contribution is 2.31. The lowest BCUT2D eigenvalue weighted by Crippen LogP contribution is -2.39. The zero-order valence-electron chi connectivity index (χ0n) is 13.0. The average molecular weight is 349 g/mol. The molecule has 2 aromatic rings. The maximum Gasteiger partial charge on any atom is 0.255 e. The minimum atomic E-state index is -0.639. The molecule has 6 heteroatoms. The molecule has 0 bridgehead atoms. The largest absolute Gasteiger partial charge is 0.388 e. The van der Waals surface area contributed by atoms with Crippen LogP contribution in [0.25, 0.3) is 0 Å². The van der Waals surface area contributed by atoms with Crippen LogP contribution in [0.5, 0.6) is 0 Å². The predicted molar refractivity (Wildman–Crippen MR) is 89.2 cm³/mol. The first-order valence-corrected chi connectivity index (χ1v) is 8.27. The van der Waals surface area contributed by atoms with Crippen molar-refractivity contribution < 1.29 is 14.3 Å². The Bertz CT molecular complexity index is 698. The molecule has 4 nitrogen and oxygen atoms in total. The fraction of sp³-hybridized carbons (Fsp3) is 0.333. The summed E-state index contributed by atoms with van der Waals surface area (Å²) in [4.78, 5) is 18.1. The molecule has 126 valence electrons. The average Bonchev–Trinajstić information content (AvgIpc) is 2.62. The molecule has 3 rings (SSSR count). The number of aromatic nitrogens is 1. The first-order chi connectivity index (χ1) is 11.5. The highest BCUT2D eigenvalue weighted by molar-refractivity contribution is 6.29. The summed E-state index contributed by atoms with van der Waals surface area (Å²) in [5.41, 5.74) is 1.22. The smallest absolute Gasteiger partial charge is 0.255 e. The topological polar surface area (TPSA) is 53.4 Å².